The number of nitrogens with one attached hydrogen (secondary N) is 2. The Morgan fingerprint density at radius 3 is 2.26 bits per heavy atom. The molecule has 6 heteroatoms. The lowest BCUT2D eigenvalue weighted by Crippen LogP contribution is -2.28. The van der Waals surface area contributed by atoms with Crippen LogP contribution >= 0.6 is 0 Å². The first kappa shape index (κ1) is 19.1. The van der Waals surface area contributed by atoms with E-state index in [9.17, 15) is 4.79 Å². The third-order valence-corrected chi connectivity index (χ3v) is 5.61. The molecule has 0 unspecified atom stereocenters. The van der Waals surface area contributed by atoms with Crippen LogP contribution in [-0.4, -0.2) is 20.7 Å². The maximum Gasteiger partial charge on any atom is 0.258 e. The number of anilines is 2. The van der Waals surface area contributed by atoms with Gasteiger partial charge in [0.2, 0.25) is 5.95 Å². The normalized spacial score (nSPS) is 17.5. The fourth-order valence-corrected chi connectivity index (χ4v) is 3.97. The highest BCUT2D eigenvalue weighted by molar-refractivity contribution is 6.03. The van der Waals surface area contributed by atoms with Gasteiger partial charge in [0.15, 0.2) is 0 Å². The smallest absolute Gasteiger partial charge is 0.258 e. The van der Waals surface area contributed by atoms with Crippen LogP contribution in [0.1, 0.15) is 45.6 Å². The first-order valence-corrected chi connectivity index (χ1v) is 10.4. The van der Waals surface area contributed by atoms with Gasteiger partial charge in [-0.15, -0.1) is 5.10 Å². The Morgan fingerprint density at radius 1 is 0.935 bits per heavy atom. The fourth-order valence-electron chi connectivity index (χ4n) is 3.97. The highest BCUT2D eigenvalue weighted by Crippen LogP contribution is 2.38. The van der Waals surface area contributed by atoms with Crippen molar-refractivity contribution >= 4 is 17.8 Å². The lowest BCUT2D eigenvalue weighted by molar-refractivity contribution is 0.102. The van der Waals surface area contributed by atoms with E-state index in [1.54, 1.807) is 12.1 Å². The van der Waals surface area contributed by atoms with Gasteiger partial charge >= 0.3 is 0 Å². The van der Waals surface area contributed by atoms with E-state index in [1.165, 1.54) is 5.56 Å². The highest BCUT2D eigenvalue weighted by Gasteiger charge is 2.31. The number of fused-ring (bicyclic) bond motifs is 1. The number of amides is 1. The van der Waals surface area contributed by atoms with Gasteiger partial charge in [-0.05, 0) is 36.6 Å². The van der Waals surface area contributed by atoms with Gasteiger partial charge in [0.25, 0.3) is 11.9 Å². The largest absolute Gasteiger partial charge is 0.347 e. The van der Waals surface area contributed by atoms with Crippen LogP contribution in [0.15, 0.2) is 84.9 Å². The van der Waals surface area contributed by atoms with E-state index in [4.69, 9.17) is 0 Å². The van der Waals surface area contributed by atoms with Gasteiger partial charge in [0.05, 0.1) is 12.1 Å². The molecule has 31 heavy (non-hydrogen) atoms. The van der Waals surface area contributed by atoms with Gasteiger partial charge in [-0.1, -0.05) is 78.4 Å². The molecular formula is C25H23N5O. The third kappa shape index (κ3) is 3.92. The number of carbonyl (C=O) groups is 1. The van der Waals surface area contributed by atoms with Crippen molar-refractivity contribution in [3.05, 3.63) is 107 Å². The number of hydrogen-bond acceptors (Lipinski definition) is 4. The monoisotopic (exact) mass is 409 g/mol. The van der Waals surface area contributed by atoms with E-state index in [2.05, 4.69) is 45.0 Å². The van der Waals surface area contributed by atoms with Gasteiger partial charge in [0, 0.05) is 5.56 Å². The molecule has 0 saturated heterocycles. The summed E-state index contributed by atoms with van der Waals surface area (Å²) in [5.41, 5.74) is 4.04. The third-order valence-electron chi connectivity index (χ3n) is 5.61. The van der Waals surface area contributed by atoms with Crippen LogP contribution in [0.2, 0.25) is 0 Å². The van der Waals surface area contributed by atoms with Crippen LogP contribution in [0, 0.1) is 6.92 Å². The summed E-state index contributed by atoms with van der Waals surface area (Å²) < 4.78 is 1.87. The molecule has 3 aromatic carbocycles. The van der Waals surface area contributed by atoms with E-state index < -0.39 is 0 Å². The van der Waals surface area contributed by atoms with Crippen LogP contribution in [0.25, 0.3) is 0 Å². The summed E-state index contributed by atoms with van der Waals surface area (Å²) in [5, 5.41) is 11.0. The molecule has 154 valence electrons. The van der Waals surface area contributed by atoms with E-state index in [0.717, 1.165) is 17.5 Å². The number of hydrogen-bond donors (Lipinski definition) is 2. The maximum absolute atomic E-state index is 12.7. The summed E-state index contributed by atoms with van der Waals surface area (Å²) in [5.74, 6) is 0.717. The minimum absolute atomic E-state index is 0.0141. The fraction of sp³-hybridized carbons (Fsp3) is 0.160. The van der Waals surface area contributed by atoms with E-state index >= 15 is 0 Å². The second-order valence-electron chi connectivity index (χ2n) is 7.79. The zero-order valence-corrected chi connectivity index (χ0v) is 17.2. The summed E-state index contributed by atoms with van der Waals surface area (Å²) in [7, 11) is 0. The molecule has 5 rings (SSSR count). The lowest BCUT2D eigenvalue weighted by Gasteiger charge is -2.31. The van der Waals surface area contributed by atoms with E-state index in [1.807, 2.05) is 60.1 Å². The summed E-state index contributed by atoms with van der Waals surface area (Å²) in [4.78, 5) is 17.2. The van der Waals surface area contributed by atoms with Crippen molar-refractivity contribution in [3.8, 4) is 0 Å². The molecule has 2 N–H and O–H groups in total. The molecule has 0 aliphatic carbocycles. The molecule has 2 heterocycles. The van der Waals surface area contributed by atoms with Crippen molar-refractivity contribution in [2.24, 2.45) is 0 Å². The second-order valence-corrected chi connectivity index (χ2v) is 7.79. The standard InChI is InChI=1S/C25H23N5O/c1-17-12-14-20(15-13-17)23(31)27-24-28-25-26-21(18-8-4-2-5-9-18)16-22(30(25)29-24)19-10-6-3-7-11-19/h2-15,21-22H,16H2,1H3,(H2,26,27,28,29,31)/t21-,22-/m0/s1. The predicted molar refractivity (Wildman–Crippen MR) is 121 cm³/mol. The molecule has 1 aromatic heterocycles. The van der Waals surface area contributed by atoms with E-state index in [-0.39, 0.29) is 18.0 Å². The molecule has 6 nitrogen and oxygen atoms in total. The molecule has 0 radical (unpaired) electrons. The Labute approximate surface area is 181 Å². The summed E-state index contributed by atoms with van der Waals surface area (Å²) >= 11 is 0. The number of rotatable bonds is 4. The zero-order chi connectivity index (χ0) is 21.2. The molecule has 0 saturated carbocycles. The van der Waals surface area contributed by atoms with Gasteiger partial charge in [-0.2, -0.15) is 4.98 Å². The van der Waals surface area contributed by atoms with Gasteiger partial charge in [-0.3, -0.25) is 10.1 Å². The van der Waals surface area contributed by atoms with Crippen molar-refractivity contribution in [1.82, 2.24) is 14.8 Å². The number of nitrogens with zero attached hydrogens (tertiary/aromatic N) is 3. The maximum atomic E-state index is 12.7. The topological polar surface area (TPSA) is 71.8 Å². The predicted octanol–water partition coefficient (Wildman–Crippen LogP) is 4.99. The lowest BCUT2D eigenvalue weighted by atomic mass is 9.93. The van der Waals surface area contributed by atoms with Crippen LogP contribution in [-0.2, 0) is 0 Å². The number of carbonyl (C=O) groups excluding carboxylic acids is 1. The average Bonchev–Trinajstić information content (AvgIpc) is 3.22. The van der Waals surface area contributed by atoms with Gasteiger partial charge in [-0.25, -0.2) is 4.68 Å². The number of aryl methyl sites for hydroxylation is 1. The Kier molecular flexibility index (Phi) is 4.96. The highest BCUT2D eigenvalue weighted by atomic mass is 16.1. The average molecular weight is 409 g/mol. The van der Waals surface area contributed by atoms with Crippen molar-refractivity contribution < 1.29 is 4.79 Å². The molecular weight excluding hydrogens is 386 g/mol. The first-order valence-electron chi connectivity index (χ1n) is 10.4. The Hall–Kier alpha value is -3.93. The quantitative estimate of drug-likeness (QED) is 0.498. The van der Waals surface area contributed by atoms with Crippen molar-refractivity contribution in [2.75, 3.05) is 10.6 Å². The molecule has 0 fully saturated rings. The van der Waals surface area contributed by atoms with Gasteiger partial charge < -0.3 is 5.32 Å². The molecule has 0 spiro atoms. The Bertz CT molecular complexity index is 1190. The summed E-state index contributed by atoms with van der Waals surface area (Å²) in [6, 6.07) is 28.2. The molecule has 2 atom stereocenters. The van der Waals surface area contributed by atoms with Crippen LogP contribution in [0.4, 0.5) is 11.9 Å². The van der Waals surface area contributed by atoms with Crippen LogP contribution < -0.4 is 10.6 Å². The Morgan fingerprint density at radius 2 is 1.58 bits per heavy atom. The van der Waals surface area contributed by atoms with E-state index in [0.29, 0.717) is 17.5 Å². The van der Waals surface area contributed by atoms with Crippen molar-refractivity contribution in [3.63, 3.8) is 0 Å². The Balaban J connectivity index is 1.47. The van der Waals surface area contributed by atoms with Crippen molar-refractivity contribution in [1.29, 1.82) is 0 Å². The van der Waals surface area contributed by atoms with Crippen LogP contribution in [0.5, 0.6) is 0 Å². The van der Waals surface area contributed by atoms with Crippen LogP contribution in [0.3, 0.4) is 0 Å². The summed E-state index contributed by atoms with van der Waals surface area (Å²) in [6.07, 6.45) is 0.829. The molecule has 1 aliphatic rings. The molecule has 0 bridgehead atoms. The van der Waals surface area contributed by atoms with Crippen molar-refractivity contribution in [2.45, 2.75) is 25.4 Å². The molecule has 1 aliphatic heterocycles. The second kappa shape index (κ2) is 8.07. The minimum Gasteiger partial charge on any atom is -0.347 e. The zero-order valence-electron chi connectivity index (χ0n) is 17.2. The summed E-state index contributed by atoms with van der Waals surface area (Å²) in [6.45, 7) is 1.99. The van der Waals surface area contributed by atoms with Gasteiger partial charge in [0.1, 0.15) is 0 Å². The number of benzene rings is 3. The molecule has 4 aromatic rings. The first-order chi connectivity index (χ1) is 15.2. The molecule has 1 amide bonds. The SMILES string of the molecule is Cc1ccc(C(=O)Nc2nc3n(n2)[C@H](c2ccccc2)C[C@@H](c2ccccc2)N3)cc1. The minimum atomic E-state index is -0.223. The number of aromatic nitrogens is 3.